The topological polar surface area (TPSA) is 35.2 Å². The third kappa shape index (κ3) is 3.23. The summed E-state index contributed by atoms with van der Waals surface area (Å²) < 4.78 is 53.2. The molecular weight excluding hydrogens is 262 g/mol. The molecule has 7 heteroatoms. The van der Waals surface area contributed by atoms with Crippen LogP contribution in [-0.2, 0) is 5.54 Å². The van der Waals surface area contributed by atoms with Gasteiger partial charge in [0.25, 0.3) is 6.43 Å². The largest absolute Gasteiger partial charge is 0.433 e. The molecular formula is C10H10ClF4NO. The summed E-state index contributed by atoms with van der Waals surface area (Å²) in [5.74, 6) is -0.282. The summed E-state index contributed by atoms with van der Waals surface area (Å²) in [4.78, 5) is 0. The van der Waals surface area contributed by atoms with E-state index in [1.807, 2.05) is 0 Å². The monoisotopic (exact) mass is 271 g/mol. The zero-order valence-corrected chi connectivity index (χ0v) is 9.52. The Bertz CT molecular complexity index is 398. The van der Waals surface area contributed by atoms with E-state index in [0.717, 1.165) is 19.1 Å². The molecule has 0 saturated carbocycles. The molecule has 0 saturated heterocycles. The molecule has 1 rings (SSSR count). The molecule has 2 N–H and O–H groups in total. The fourth-order valence-corrected chi connectivity index (χ4v) is 1.38. The molecule has 0 bridgehead atoms. The van der Waals surface area contributed by atoms with Gasteiger partial charge in [0.1, 0.15) is 5.75 Å². The maximum atomic E-state index is 12.6. The average molecular weight is 272 g/mol. The van der Waals surface area contributed by atoms with Crippen LogP contribution in [0, 0.1) is 0 Å². The van der Waals surface area contributed by atoms with E-state index in [1.165, 1.54) is 6.07 Å². The molecule has 1 atom stereocenters. The van der Waals surface area contributed by atoms with E-state index in [1.54, 1.807) is 0 Å². The van der Waals surface area contributed by atoms with Crippen LogP contribution < -0.4 is 10.5 Å². The first kappa shape index (κ1) is 14.1. The van der Waals surface area contributed by atoms with Gasteiger partial charge in [0.2, 0.25) is 0 Å². The second-order valence-electron chi connectivity index (χ2n) is 3.61. The molecule has 0 aliphatic rings. The van der Waals surface area contributed by atoms with Crippen molar-refractivity contribution in [1.82, 2.24) is 0 Å². The van der Waals surface area contributed by atoms with Gasteiger partial charge in [-0.15, -0.1) is 0 Å². The first-order chi connectivity index (χ1) is 7.75. The number of ether oxygens (including phenoxy) is 1. The second kappa shape index (κ2) is 5.10. The van der Waals surface area contributed by atoms with Crippen LogP contribution in [0.2, 0.25) is 5.02 Å². The van der Waals surface area contributed by atoms with Crippen molar-refractivity contribution in [2.24, 2.45) is 5.73 Å². The lowest BCUT2D eigenvalue weighted by atomic mass is 9.94. The Morgan fingerprint density at radius 1 is 1.29 bits per heavy atom. The molecule has 0 spiro atoms. The third-order valence-electron chi connectivity index (χ3n) is 2.22. The Morgan fingerprint density at radius 3 is 2.29 bits per heavy atom. The zero-order valence-electron chi connectivity index (χ0n) is 8.76. The Balaban J connectivity index is 3.04. The highest BCUT2D eigenvalue weighted by molar-refractivity contribution is 6.32. The van der Waals surface area contributed by atoms with Crippen LogP contribution in [0.3, 0.4) is 0 Å². The van der Waals surface area contributed by atoms with Gasteiger partial charge in [0, 0.05) is 0 Å². The van der Waals surface area contributed by atoms with Crippen LogP contribution in [0.1, 0.15) is 12.5 Å². The molecule has 2 nitrogen and oxygen atoms in total. The van der Waals surface area contributed by atoms with Gasteiger partial charge in [-0.25, -0.2) is 8.78 Å². The van der Waals surface area contributed by atoms with Crippen molar-refractivity contribution in [3.63, 3.8) is 0 Å². The molecule has 0 fully saturated rings. The van der Waals surface area contributed by atoms with E-state index >= 15 is 0 Å². The average Bonchev–Trinajstić information content (AvgIpc) is 2.20. The van der Waals surface area contributed by atoms with Crippen molar-refractivity contribution in [1.29, 1.82) is 0 Å². The number of halogens is 5. The first-order valence-electron chi connectivity index (χ1n) is 4.57. The maximum Gasteiger partial charge on any atom is 0.387 e. The van der Waals surface area contributed by atoms with Crippen molar-refractivity contribution in [3.05, 3.63) is 28.8 Å². The highest BCUT2D eigenvalue weighted by Crippen LogP contribution is 2.32. The Kier molecular flexibility index (Phi) is 4.21. The SMILES string of the molecule is CC(N)(c1ccc(OC(F)F)c(Cl)c1)C(F)F. The first-order valence-corrected chi connectivity index (χ1v) is 4.95. The standard InChI is InChI=1S/C10H10ClF4NO/c1-10(16,8(12)13)5-2-3-7(6(11)4-5)17-9(14)15/h2-4,8-9H,16H2,1H3. The molecule has 17 heavy (non-hydrogen) atoms. The summed E-state index contributed by atoms with van der Waals surface area (Å²) in [6.07, 6.45) is -2.81. The van der Waals surface area contributed by atoms with Crippen LogP contribution in [0.4, 0.5) is 17.6 Å². The lowest BCUT2D eigenvalue weighted by molar-refractivity contribution is -0.0498. The normalized spacial score (nSPS) is 15.1. The van der Waals surface area contributed by atoms with Gasteiger partial charge in [-0.3, -0.25) is 0 Å². The van der Waals surface area contributed by atoms with E-state index in [4.69, 9.17) is 17.3 Å². The quantitative estimate of drug-likeness (QED) is 0.852. The third-order valence-corrected chi connectivity index (χ3v) is 2.52. The summed E-state index contributed by atoms with van der Waals surface area (Å²) in [5, 5.41) is -0.194. The van der Waals surface area contributed by atoms with Gasteiger partial charge in [-0.2, -0.15) is 8.78 Å². The van der Waals surface area contributed by atoms with Gasteiger partial charge < -0.3 is 10.5 Å². The number of benzene rings is 1. The molecule has 0 amide bonds. The van der Waals surface area contributed by atoms with Crippen molar-refractivity contribution in [2.75, 3.05) is 0 Å². The highest BCUT2D eigenvalue weighted by atomic mass is 35.5. The Hall–Kier alpha value is -1.01. The highest BCUT2D eigenvalue weighted by Gasteiger charge is 2.32. The summed E-state index contributed by atoms with van der Waals surface area (Å²) in [6.45, 7) is -1.91. The van der Waals surface area contributed by atoms with Crippen LogP contribution in [0.15, 0.2) is 18.2 Å². The van der Waals surface area contributed by atoms with Gasteiger partial charge >= 0.3 is 6.61 Å². The lowest BCUT2D eigenvalue weighted by Crippen LogP contribution is -2.40. The van der Waals surface area contributed by atoms with Gasteiger partial charge in [0.05, 0.1) is 10.6 Å². The Labute approximate surface area is 100 Å². The van der Waals surface area contributed by atoms with E-state index in [2.05, 4.69) is 4.74 Å². The predicted molar refractivity (Wildman–Crippen MR) is 55.6 cm³/mol. The van der Waals surface area contributed by atoms with Crippen LogP contribution in [0.5, 0.6) is 5.75 Å². The molecule has 0 aliphatic carbocycles. The molecule has 1 aromatic carbocycles. The predicted octanol–water partition coefficient (Wildman–Crippen LogP) is 3.38. The van der Waals surface area contributed by atoms with Gasteiger partial charge in [0.15, 0.2) is 0 Å². The van der Waals surface area contributed by atoms with Crippen molar-refractivity contribution in [3.8, 4) is 5.75 Å². The van der Waals surface area contributed by atoms with Crippen LogP contribution in [0.25, 0.3) is 0 Å². The zero-order chi connectivity index (χ0) is 13.2. The van der Waals surface area contributed by atoms with Crippen LogP contribution in [-0.4, -0.2) is 13.0 Å². The summed E-state index contributed by atoms with van der Waals surface area (Å²) in [5.41, 5.74) is 3.55. The Morgan fingerprint density at radius 2 is 1.88 bits per heavy atom. The fraction of sp³-hybridized carbons (Fsp3) is 0.400. The summed E-state index contributed by atoms with van der Waals surface area (Å²) >= 11 is 5.63. The number of hydrogen-bond donors (Lipinski definition) is 1. The minimum absolute atomic E-state index is 0.0408. The van der Waals surface area contributed by atoms with E-state index in [0.29, 0.717) is 0 Å². The van der Waals surface area contributed by atoms with E-state index in [9.17, 15) is 17.6 Å². The molecule has 0 aromatic heterocycles. The summed E-state index contributed by atoms with van der Waals surface area (Å²) in [6, 6.07) is 3.35. The van der Waals surface area contributed by atoms with Gasteiger partial charge in [-0.05, 0) is 24.6 Å². The second-order valence-corrected chi connectivity index (χ2v) is 4.01. The number of alkyl halides is 4. The number of rotatable bonds is 4. The molecule has 1 unspecified atom stereocenters. The summed E-state index contributed by atoms with van der Waals surface area (Å²) in [7, 11) is 0. The van der Waals surface area contributed by atoms with Crippen molar-refractivity contribution in [2.45, 2.75) is 25.5 Å². The smallest absolute Gasteiger partial charge is 0.387 e. The minimum atomic E-state index is -3.03. The van der Waals surface area contributed by atoms with Crippen LogP contribution >= 0.6 is 11.6 Å². The molecule has 1 aromatic rings. The minimum Gasteiger partial charge on any atom is -0.433 e. The number of hydrogen-bond acceptors (Lipinski definition) is 2. The fourth-order valence-electron chi connectivity index (χ4n) is 1.15. The van der Waals surface area contributed by atoms with Crippen molar-refractivity contribution >= 4 is 11.6 Å². The molecule has 96 valence electrons. The van der Waals surface area contributed by atoms with Gasteiger partial charge in [-0.1, -0.05) is 17.7 Å². The van der Waals surface area contributed by atoms with E-state index < -0.39 is 18.6 Å². The number of nitrogens with two attached hydrogens (primary N) is 1. The molecule has 0 radical (unpaired) electrons. The molecule has 0 aliphatic heterocycles. The van der Waals surface area contributed by atoms with Crippen molar-refractivity contribution < 1.29 is 22.3 Å². The maximum absolute atomic E-state index is 12.6. The molecule has 0 heterocycles. The van der Waals surface area contributed by atoms with E-state index in [-0.39, 0.29) is 16.3 Å². The lowest BCUT2D eigenvalue weighted by Gasteiger charge is -2.24.